The van der Waals surface area contributed by atoms with Crippen molar-refractivity contribution in [3.8, 4) is 0 Å². The number of rotatable bonds is 6. The number of furan rings is 1. The number of likely N-dealkylation sites (N-methyl/N-ethyl adjacent to an activating group) is 1. The first-order valence-electron chi connectivity index (χ1n) is 6.75. The molecule has 0 radical (unpaired) electrons. The van der Waals surface area contributed by atoms with Crippen molar-refractivity contribution in [2.24, 2.45) is 0 Å². The normalized spacial score (nSPS) is 11.0. The van der Waals surface area contributed by atoms with Crippen molar-refractivity contribution >= 4 is 11.6 Å². The van der Waals surface area contributed by atoms with Crippen LogP contribution >= 0.6 is 0 Å². The fourth-order valence-electron chi connectivity index (χ4n) is 1.96. The molecule has 114 valence electrons. The number of hydrogen-bond donors (Lipinski definition) is 2. The number of aryl methyl sites for hydroxylation is 1. The van der Waals surface area contributed by atoms with Crippen molar-refractivity contribution in [2.75, 3.05) is 32.9 Å². The first-order chi connectivity index (χ1) is 9.97. The van der Waals surface area contributed by atoms with Crippen molar-refractivity contribution in [1.82, 2.24) is 20.0 Å². The SMILES string of the molecule is Cc1ccc(CN(CCN(C)C)C(=O)c2[nH]ncc2N)o1. The molecular formula is C14H21N5O2. The van der Waals surface area contributed by atoms with Crippen LogP contribution in [0.2, 0.25) is 0 Å². The molecule has 2 aromatic heterocycles. The number of carbonyl (C=O) groups is 1. The summed E-state index contributed by atoms with van der Waals surface area (Å²) in [5.74, 6) is 1.39. The van der Waals surface area contributed by atoms with Crippen LogP contribution in [0.5, 0.6) is 0 Å². The van der Waals surface area contributed by atoms with Crippen LogP contribution in [0.3, 0.4) is 0 Å². The first-order valence-corrected chi connectivity index (χ1v) is 6.75. The Balaban J connectivity index is 2.15. The lowest BCUT2D eigenvalue weighted by molar-refractivity contribution is 0.0714. The van der Waals surface area contributed by atoms with Gasteiger partial charge in [0.2, 0.25) is 0 Å². The minimum atomic E-state index is -0.180. The van der Waals surface area contributed by atoms with Crippen LogP contribution in [0.25, 0.3) is 0 Å². The third-order valence-electron chi connectivity index (χ3n) is 3.13. The number of anilines is 1. The molecule has 7 heteroatoms. The Morgan fingerprint density at radius 1 is 1.38 bits per heavy atom. The molecule has 0 aliphatic carbocycles. The molecule has 2 aromatic rings. The summed E-state index contributed by atoms with van der Waals surface area (Å²) in [6, 6.07) is 3.76. The van der Waals surface area contributed by atoms with Crippen LogP contribution in [0, 0.1) is 6.92 Å². The van der Waals surface area contributed by atoms with Crippen LogP contribution in [0.1, 0.15) is 22.0 Å². The third kappa shape index (κ3) is 3.85. The molecule has 0 atom stereocenters. The van der Waals surface area contributed by atoms with E-state index in [2.05, 4.69) is 10.2 Å². The second-order valence-corrected chi connectivity index (χ2v) is 5.24. The molecule has 0 saturated carbocycles. The molecule has 0 saturated heterocycles. The molecule has 1 amide bonds. The Hall–Kier alpha value is -2.28. The molecule has 2 heterocycles. The van der Waals surface area contributed by atoms with E-state index in [-0.39, 0.29) is 5.91 Å². The fraction of sp³-hybridized carbons (Fsp3) is 0.429. The molecule has 3 N–H and O–H groups in total. The summed E-state index contributed by atoms with van der Waals surface area (Å²) in [6.07, 6.45) is 1.44. The predicted octanol–water partition coefficient (Wildman–Crippen LogP) is 1.10. The standard InChI is InChI=1S/C14H21N5O2/c1-10-4-5-11(21-10)9-19(7-6-18(2)3)14(20)13-12(15)8-16-17-13/h4-5,8H,6-7,9,15H2,1-3H3,(H,16,17). The number of nitrogen functional groups attached to an aromatic ring is 1. The highest BCUT2D eigenvalue weighted by Gasteiger charge is 2.21. The zero-order valence-corrected chi connectivity index (χ0v) is 12.6. The summed E-state index contributed by atoms with van der Waals surface area (Å²) >= 11 is 0. The minimum Gasteiger partial charge on any atom is -0.464 e. The Kier molecular flexibility index (Phi) is 4.64. The van der Waals surface area contributed by atoms with E-state index < -0.39 is 0 Å². The number of nitrogens with one attached hydrogen (secondary N) is 1. The molecule has 7 nitrogen and oxygen atoms in total. The van der Waals surface area contributed by atoms with E-state index in [1.165, 1.54) is 6.20 Å². The zero-order valence-electron chi connectivity index (χ0n) is 12.6. The number of hydrogen-bond acceptors (Lipinski definition) is 5. The maximum Gasteiger partial charge on any atom is 0.274 e. The van der Waals surface area contributed by atoms with Gasteiger partial charge in [0, 0.05) is 13.1 Å². The second kappa shape index (κ2) is 6.45. The first kappa shape index (κ1) is 15.1. The Labute approximate surface area is 123 Å². The number of aromatic amines is 1. The van der Waals surface area contributed by atoms with Gasteiger partial charge in [0.25, 0.3) is 5.91 Å². The Bertz CT molecular complexity index is 602. The van der Waals surface area contributed by atoms with Gasteiger partial charge in [0.05, 0.1) is 18.4 Å². The second-order valence-electron chi connectivity index (χ2n) is 5.24. The highest BCUT2D eigenvalue weighted by molar-refractivity contribution is 5.96. The van der Waals surface area contributed by atoms with E-state index in [4.69, 9.17) is 10.2 Å². The highest BCUT2D eigenvalue weighted by Crippen LogP contribution is 2.14. The van der Waals surface area contributed by atoms with Crippen molar-refractivity contribution < 1.29 is 9.21 Å². The van der Waals surface area contributed by atoms with Gasteiger partial charge < -0.3 is 20.0 Å². The molecule has 0 spiro atoms. The van der Waals surface area contributed by atoms with E-state index in [0.717, 1.165) is 18.1 Å². The minimum absolute atomic E-state index is 0.180. The molecule has 0 unspecified atom stereocenters. The van der Waals surface area contributed by atoms with Crippen LogP contribution in [-0.4, -0.2) is 53.1 Å². The van der Waals surface area contributed by atoms with Crippen molar-refractivity contribution in [2.45, 2.75) is 13.5 Å². The van der Waals surface area contributed by atoms with E-state index in [0.29, 0.717) is 24.5 Å². The summed E-state index contributed by atoms with van der Waals surface area (Å²) < 4.78 is 5.55. The third-order valence-corrected chi connectivity index (χ3v) is 3.13. The van der Waals surface area contributed by atoms with Crippen molar-refractivity contribution in [3.05, 3.63) is 35.5 Å². The molecule has 21 heavy (non-hydrogen) atoms. The molecule has 0 aromatic carbocycles. The summed E-state index contributed by atoms with van der Waals surface area (Å²) in [5.41, 5.74) is 6.43. The van der Waals surface area contributed by atoms with Gasteiger partial charge in [-0.2, -0.15) is 5.10 Å². The molecule has 0 aliphatic heterocycles. The summed E-state index contributed by atoms with van der Waals surface area (Å²) in [7, 11) is 3.93. The van der Waals surface area contributed by atoms with Crippen LogP contribution in [-0.2, 0) is 6.54 Å². The van der Waals surface area contributed by atoms with Gasteiger partial charge in [-0.1, -0.05) is 0 Å². The molecular weight excluding hydrogens is 270 g/mol. The van der Waals surface area contributed by atoms with Crippen LogP contribution in [0.4, 0.5) is 5.69 Å². The van der Waals surface area contributed by atoms with Crippen molar-refractivity contribution in [3.63, 3.8) is 0 Å². The molecule has 0 aliphatic rings. The zero-order chi connectivity index (χ0) is 15.4. The van der Waals surface area contributed by atoms with Gasteiger partial charge in [-0.3, -0.25) is 9.89 Å². The number of carbonyl (C=O) groups excluding carboxylic acids is 1. The van der Waals surface area contributed by atoms with Crippen LogP contribution in [0.15, 0.2) is 22.7 Å². The lowest BCUT2D eigenvalue weighted by Gasteiger charge is -2.23. The monoisotopic (exact) mass is 291 g/mol. The quantitative estimate of drug-likeness (QED) is 0.831. The lowest BCUT2D eigenvalue weighted by atomic mass is 10.3. The topological polar surface area (TPSA) is 91.4 Å². The van der Waals surface area contributed by atoms with Crippen molar-refractivity contribution in [1.29, 1.82) is 0 Å². The number of H-pyrrole nitrogens is 1. The molecule has 0 fully saturated rings. The van der Waals surface area contributed by atoms with E-state index >= 15 is 0 Å². The summed E-state index contributed by atoms with van der Waals surface area (Å²) in [4.78, 5) is 16.3. The number of nitrogens with two attached hydrogens (primary N) is 1. The summed E-state index contributed by atoms with van der Waals surface area (Å²) in [5, 5.41) is 6.45. The number of nitrogens with zero attached hydrogens (tertiary/aromatic N) is 3. The smallest absolute Gasteiger partial charge is 0.274 e. The van der Waals surface area contributed by atoms with Gasteiger partial charge in [-0.25, -0.2) is 0 Å². The maximum atomic E-state index is 12.6. The van der Waals surface area contributed by atoms with E-state index in [1.54, 1.807) is 4.90 Å². The fourth-order valence-corrected chi connectivity index (χ4v) is 1.96. The van der Waals surface area contributed by atoms with Gasteiger partial charge in [0.1, 0.15) is 17.2 Å². The van der Waals surface area contributed by atoms with Gasteiger partial charge in [-0.05, 0) is 33.2 Å². The van der Waals surface area contributed by atoms with E-state index in [1.807, 2.05) is 38.1 Å². The van der Waals surface area contributed by atoms with Gasteiger partial charge >= 0.3 is 0 Å². The summed E-state index contributed by atoms with van der Waals surface area (Å²) in [6.45, 7) is 3.60. The Morgan fingerprint density at radius 2 is 2.14 bits per heavy atom. The van der Waals surface area contributed by atoms with Crippen LogP contribution < -0.4 is 5.73 Å². The predicted molar refractivity (Wildman–Crippen MR) is 79.7 cm³/mol. The van der Waals surface area contributed by atoms with Gasteiger partial charge in [0.15, 0.2) is 0 Å². The number of aromatic nitrogens is 2. The Morgan fingerprint density at radius 3 is 2.67 bits per heavy atom. The average Bonchev–Trinajstić information content (AvgIpc) is 3.02. The number of amides is 1. The average molecular weight is 291 g/mol. The lowest BCUT2D eigenvalue weighted by Crippen LogP contribution is -2.36. The van der Waals surface area contributed by atoms with Gasteiger partial charge in [-0.15, -0.1) is 0 Å². The highest BCUT2D eigenvalue weighted by atomic mass is 16.3. The maximum absolute atomic E-state index is 12.6. The molecule has 0 bridgehead atoms. The van der Waals surface area contributed by atoms with E-state index in [9.17, 15) is 4.79 Å². The molecule has 2 rings (SSSR count). The largest absolute Gasteiger partial charge is 0.464 e.